The highest BCUT2D eigenvalue weighted by Gasteiger charge is 2.18. The summed E-state index contributed by atoms with van der Waals surface area (Å²) in [5, 5.41) is 9.15. The Labute approximate surface area is 94.3 Å². The third-order valence-electron chi connectivity index (χ3n) is 2.82. The number of aldehydes is 1. The van der Waals surface area contributed by atoms with Crippen LogP contribution >= 0.6 is 0 Å². The Morgan fingerprint density at radius 3 is 2.81 bits per heavy atom. The molecule has 1 aliphatic carbocycles. The van der Waals surface area contributed by atoms with E-state index in [2.05, 4.69) is 4.98 Å². The van der Waals surface area contributed by atoms with Crippen LogP contribution in [0, 0.1) is 0 Å². The van der Waals surface area contributed by atoms with Crippen LogP contribution in [-0.4, -0.2) is 22.5 Å². The molecule has 0 aromatic carbocycles. The number of aliphatic hydroxyl groups is 1. The molecular weight excluding hydrogens is 206 g/mol. The van der Waals surface area contributed by atoms with Gasteiger partial charge >= 0.3 is 0 Å². The van der Waals surface area contributed by atoms with Crippen molar-refractivity contribution < 1.29 is 14.6 Å². The number of aromatic nitrogens is 1. The van der Waals surface area contributed by atoms with Gasteiger partial charge in [-0.2, -0.15) is 0 Å². The number of rotatable bonds is 4. The van der Waals surface area contributed by atoms with Gasteiger partial charge in [0, 0.05) is 0 Å². The molecule has 1 saturated carbocycles. The first-order valence-corrected chi connectivity index (χ1v) is 5.56. The first-order chi connectivity index (χ1) is 7.83. The summed E-state index contributed by atoms with van der Waals surface area (Å²) in [7, 11) is 0. The zero-order valence-corrected chi connectivity index (χ0v) is 9.06. The molecule has 4 nitrogen and oxygen atoms in total. The van der Waals surface area contributed by atoms with E-state index in [-0.39, 0.29) is 12.7 Å². The number of hydrogen-bond acceptors (Lipinski definition) is 4. The molecule has 0 unspecified atom stereocenters. The number of carbonyl (C=O) groups is 1. The van der Waals surface area contributed by atoms with Gasteiger partial charge in [0.2, 0.25) is 0 Å². The number of ether oxygens (including phenoxy) is 1. The van der Waals surface area contributed by atoms with Crippen LogP contribution in [0.1, 0.15) is 41.9 Å². The Hall–Kier alpha value is -1.42. The van der Waals surface area contributed by atoms with Crippen molar-refractivity contribution in [2.75, 3.05) is 0 Å². The summed E-state index contributed by atoms with van der Waals surface area (Å²) in [6.45, 7) is -0.205. The van der Waals surface area contributed by atoms with Crippen LogP contribution in [0.15, 0.2) is 12.1 Å². The molecule has 1 fully saturated rings. The summed E-state index contributed by atoms with van der Waals surface area (Å²) in [6.07, 6.45) is 5.39. The van der Waals surface area contributed by atoms with E-state index in [1.807, 2.05) is 0 Å². The number of pyridine rings is 1. The maximum absolute atomic E-state index is 10.5. The predicted octanol–water partition coefficient (Wildman–Crippen LogP) is 1.71. The maximum Gasteiger partial charge on any atom is 0.168 e. The predicted molar refractivity (Wildman–Crippen MR) is 58.4 cm³/mol. The third-order valence-corrected chi connectivity index (χ3v) is 2.82. The Morgan fingerprint density at radius 2 is 2.19 bits per heavy atom. The molecule has 0 bridgehead atoms. The van der Waals surface area contributed by atoms with Gasteiger partial charge in [-0.25, -0.2) is 4.98 Å². The molecule has 4 heteroatoms. The minimum Gasteiger partial charge on any atom is -0.488 e. The van der Waals surface area contributed by atoms with Gasteiger partial charge in [-0.05, 0) is 37.8 Å². The van der Waals surface area contributed by atoms with Gasteiger partial charge in [0.15, 0.2) is 6.29 Å². The highest BCUT2D eigenvalue weighted by molar-refractivity contribution is 5.72. The number of nitrogens with zero attached hydrogens (tertiary/aromatic N) is 1. The smallest absolute Gasteiger partial charge is 0.168 e. The summed E-state index contributed by atoms with van der Waals surface area (Å²) in [6, 6.07) is 3.32. The quantitative estimate of drug-likeness (QED) is 0.786. The van der Waals surface area contributed by atoms with Gasteiger partial charge < -0.3 is 9.84 Å². The second-order valence-electron chi connectivity index (χ2n) is 3.98. The minimum absolute atomic E-state index is 0.205. The van der Waals surface area contributed by atoms with E-state index in [1.54, 1.807) is 12.1 Å². The zero-order valence-electron chi connectivity index (χ0n) is 9.06. The molecule has 0 atom stereocenters. The highest BCUT2D eigenvalue weighted by Crippen LogP contribution is 2.25. The van der Waals surface area contributed by atoms with Crippen LogP contribution in [0.4, 0.5) is 0 Å². The molecule has 0 spiro atoms. The van der Waals surface area contributed by atoms with Crippen LogP contribution in [-0.2, 0) is 6.61 Å². The average molecular weight is 221 g/mol. The molecule has 1 aromatic heterocycles. The van der Waals surface area contributed by atoms with Crippen molar-refractivity contribution in [1.29, 1.82) is 0 Å². The van der Waals surface area contributed by atoms with E-state index >= 15 is 0 Å². The fourth-order valence-electron chi connectivity index (χ4n) is 1.98. The van der Waals surface area contributed by atoms with E-state index < -0.39 is 0 Å². The summed E-state index contributed by atoms with van der Waals surface area (Å²) < 4.78 is 5.76. The fraction of sp³-hybridized carbons (Fsp3) is 0.500. The van der Waals surface area contributed by atoms with Crippen LogP contribution in [0.5, 0.6) is 5.75 Å². The van der Waals surface area contributed by atoms with E-state index in [0.717, 1.165) is 12.8 Å². The molecule has 0 radical (unpaired) electrons. The lowest BCUT2D eigenvalue weighted by atomic mass is 10.2. The molecule has 16 heavy (non-hydrogen) atoms. The topological polar surface area (TPSA) is 59.4 Å². The lowest BCUT2D eigenvalue weighted by molar-refractivity contribution is 0.111. The normalized spacial score (nSPS) is 16.3. The lowest BCUT2D eigenvalue weighted by Gasteiger charge is -2.15. The van der Waals surface area contributed by atoms with Crippen LogP contribution < -0.4 is 4.74 Å². The monoisotopic (exact) mass is 221 g/mol. The molecular formula is C12H15NO3. The van der Waals surface area contributed by atoms with Gasteiger partial charge in [0.1, 0.15) is 17.1 Å². The van der Waals surface area contributed by atoms with E-state index in [4.69, 9.17) is 9.84 Å². The van der Waals surface area contributed by atoms with E-state index in [1.165, 1.54) is 12.8 Å². The standard InChI is InChI=1S/C12H15NO3/c14-7-9-5-6-12(11(8-15)13-9)16-10-3-1-2-4-10/h5-7,10,15H,1-4,8H2. The van der Waals surface area contributed by atoms with Gasteiger partial charge in [-0.3, -0.25) is 4.79 Å². The van der Waals surface area contributed by atoms with Gasteiger partial charge in [0.25, 0.3) is 0 Å². The van der Waals surface area contributed by atoms with Crippen molar-refractivity contribution in [1.82, 2.24) is 4.98 Å². The summed E-state index contributed by atoms with van der Waals surface area (Å²) in [5.41, 5.74) is 0.763. The molecule has 1 aromatic rings. The Bertz CT molecular complexity index is 373. The number of aliphatic hydroxyl groups excluding tert-OH is 1. The fourth-order valence-corrected chi connectivity index (χ4v) is 1.98. The summed E-state index contributed by atoms with van der Waals surface area (Å²) in [5.74, 6) is 0.597. The second kappa shape index (κ2) is 5.07. The minimum atomic E-state index is -0.205. The molecule has 1 heterocycles. The first kappa shape index (κ1) is 11.1. The van der Waals surface area contributed by atoms with E-state index in [0.29, 0.717) is 23.4 Å². The van der Waals surface area contributed by atoms with Crippen molar-refractivity contribution in [2.24, 2.45) is 0 Å². The Kier molecular flexibility index (Phi) is 3.51. The Balaban J connectivity index is 2.15. The molecule has 0 aliphatic heterocycles. The van der Waals surface area contributed by atoms with Crippen molar-refractivity contribution in [3.8, 4) is 5.75 Å². The van der Waals surface area contributed by atoms with Crippen molar-refractivity contribution in [2.45, 2.75) is 38.4 Å². The molecule has 86 valence electrons. The Morgan fingerprint density at radius 1 is 1.44 bits per heavy atom. The second-order valence-corrected chi connectivity index (χ2v) is 3.98. The lowest BCUT2D eigenvalue weighted by Crippen LogP contribution is -2.13. The van der Waals surface area contributed by atoms with E-state index in [9.17, 15) is 4.79 Å². The molecule has 0 saturated heterocycles. The van der Waals surface area contributed by atoms with Gasteiger partial charge in [-0.1, -0.05) is 0 Å². The van der Waals surface area contributed by atoms with Crippen molar-refractivity contribution >= 4 is 6.29 Å². The number of carbonyl (C=O) groups excluding carboxylic acids is 1. The largest absolute Gasteiger partial charge is 0.488 e. The van der Waals surface area contributed by atoms with Crippen LogP contribution in [0.2, 0.25) is 0 Å². The zero-order chi connectivity index (χ0) is 11.4. The third kappa shape index (κ3) is 2.39. The van der Waals surface area contributed by atoms with Crippen molar-refractivity contribution in [3.63, 3.8) is 0 Å². The average Bonchev–Trinajstić information content (AvgIpc) is 2.82. The van der Waals surface area contributed by atoms with Crippen molar-refractivity contribution in [3.05, 3.63) is 23.5 Å². The van der Waals surface area contributed by atoms with Crippen LogP contribution in [0.3, 0.4) is 0 Å². The molecule has 1 aliphatic rings. The molecule has 0 amide bonds. The summed E-state index contributed by atoms with van der Waals surface area (Å²) in [4.78, 5) is 14.6. The van der Waals surface area contributed by atoms with Gasteiger partial charge in [-0.15, -0.1) is 0 Å². The van der Waals surface area contributed by atoms with Gasteiger partial charge in [0.05, 0.1) is 12.7 Å². The SMILES string of the molecule is O=Cc1ccc(OC2CCCC2)c(CO)n1. The number of hydrogen-bond donors (Lipinski definition) is 1. The molecule has 1 N–H and O–H groups in total. The highest BCUT2D eigenvalue weighted by atomic mass is 16.5. The first-order valence-electron chi connectivity index (χ1n) is 5.56. The maximum atomic E-state index is 10.5. The molecule has 2 rings (SSSR count). The van der Waals surface area contributed by atoms with Crippen LogP contribution in [0.25, 0.3) is 0 Å². The summed E-state index contributed by atoms with van der Waals surface area (Å²) >= 11 is 0.